The van der Waals surface area contributed by atoms with Gasteiger partial charge in [0.05, 0.1) is 11.6 Å². The molecule has 0 aliphatic heterocycles. The van der Waals surface area contributed by atoms with E-state index in [-0.39, 0.29) is 0 Å². The minimum absolute atomic E-state index is 0.689. The number of nitriles is 1. The summed E-state index contributed by atoms with van der Waals surface area (Å²) in [5, 5.41) is 8.83. The summed E-state index contributed by atoms with van der Waals surface area (Å²) in [6.07, 6.45) is 2.66. The van der Waals surface area contributed by atoms with E-state index in [1.165, 1.54) is 5.56 Å². The first kappa shape index (κ1) is 14.0. The van der Waals surface area contributed by atoms with Gasteiger partial charge in [-0.25, -0.2) is 9.97 Å². The number of rotatable bonds is 5. The highest BCUT2D eigenvalue weighted by Crippen LogP contribution is 2.15. The molecule has 20 heavy (non-hydrogen) atoms. The quantitative estimate of drug-likeness (QED) is 0.834. The van der Waals surface area contributed by atoms with Crippen molar-refractivity contribution in [3.8, 4) is 6.07 Å². The van der Waals surface area contributed by atoms with Gasteiger partial charge in [0.25, 0.3) is 0 Å². The molecule has 4 heteroatoms. The normalized spacial score (nSPS) is 10.1. The van der Waals surface area contributed by atoms with Crippen molar-refractivity contribution in [2.75, 3.05) is 11.4 Å². The van der Waals surface area contributed by atoms with Gasteiger partial charge in [-0.15, -0.1) is 0 Å². The fourth-order valence-electron chi connectivity index (χ4n) is 2.06. The van der Waals surface area contributed by atoms with Crippen molar-refractivity contribution in [1.82, 2.24) is 9.97 Å². The molecule has 0 fully saturated rings. The SMILES string of the molecule is CCCN(Cc1ccc(C#N)cc1)c1cc(C)ncn1. The van der Waals surface area contributed by atoms with E-state index in [0.29, 0.717) is 5.56 Å². The summed E-state index contributed by atoms with van der Waals surface area (Å²) < 4.78 is 0. The van der Waals surface area contributed by atoms with Crippen LogP contribution < -0.4 is 4.90 Å². The van der Waals surface area contributed by atoms with Crippen molar-refractivity contribution < 1.29 is 0 Å². The summed E-state index contributed by atoms with van der Waals surface area (Å²) in [5.41, 5.74) is 2.83. The zero-order chi connectivity index (χ0) is 14.4. The number of nitrogens with zero attached hydrogens (tertiary/aromatic N) is 4. The summed E-state index contributed by atoms with van der Waals surface area (Å²) in [6, 6.07) is 11.8. The minimum Gasteiger partial charge on any atom is -0.352 e. The molecular formula is C16H18N4. The number of hydrogen-bond donors (Lipinski definition) is 0. The van der Waals surface area contributed by atoms with Crippen LogP contribution in [0.2, 0.25) is 0 Å². The second-order valence-corrected chi connectivity index (χ2v) is 4.75. The fraction of sp³-hybridized carbons (Fsp3) is 0.312. The first-order chi connectivity index (χ1) is 9.72. The maximum absolute atomic E-state index is 8.83. The standard InChI is InChI=1S/C16H18N4/c1-3-8-20(16-9-13(2)18-12-19-16)11-15-6-4-14(10-17)5-7-15/h4-7,9,12H,3,8,11H2,1-2H3. The predicted molar refractivity (Wildman–Crippen MR) is 79.3 cm³/mol. The highest BCUT2D eigenvalue weighted by molar-refractivity contribution is 5.41. The lowest BCUT2D eigenvalue weighted by atomic mass is 10.1. The van der Waals surface area contributed by atoms with Crippen LogP contribution in [-0.2, 0) is 6.54 Å². The molecule has 0 radical (unpaired) electrons. The van der Waals surface area contributed by atoms with Gasteiger partial charge in [0.15, 0.2) is 0 Å². The van der Waals surface area contributed by atoms with Crippen LogP contribution in [0.15, 0.2) is 36.7 Å². The summed E-state index contributed by atoms with van der Waals surface area (Å²) >= 11 is 0. The molecule has 0 amide bonds. The van der Waals surface area contributed by atoms with Gasteiger partial charge in [-0.3, -0.25) is 0 Å². The molecule has 0 atom stereocenters. The van der Waals surface area contributed by atoms with E-state index >= 15 is 0 Å². The molecule has 0 unspecified atom stereocenters. The van der Waals surface area contributed by atoms with Crippen LogP contribution in [0.1, 0.15) is 30.2 Å². The van der Waals surface area contributed by atoms with Crippen molar-refractivity contribution >= 4 is 5.82 Å². The summed E-state index contributed by atoms with van der Waals surface area (Å²) in [4.78, 5) is 10.7. The average Bonchev–Trinajstić information content (AvgIpc) is 2.47. The van der Waals surface area contributed by atoms with Gasteiger partial charge < -0.3 is 4.90 Å². The summed E-state index contributed by atoms with van der Waals surface area (Å²) in [6.45, 7) is 5.85. The molecule has 0 aliphatic rings. The van der Waals surface area contributed by atoms with E-state index in [1.807, 2.05) is 37.3 Å². The van der Waals surface area contributed by atoms with Gasteiger partial charge in [-0.2, -0.15) is 5.26 Å². The molecule has 2 aromatic rings. The maximum Gasteiger partial charge on any atom is 0.132 e. The van der Waals surface area contributed by atoms with E-state index in [0.717, 1.165) is 31.0 Å². The van der Waals surface area contributed by atoms with Crippen LogP contribution >= 0.6 is 0 Å². The predicted octanol–water partition coefficient (Wildman–Crippen LogP) is 3.07. The molecule has 0 spiro atoms. The minimum atomic E-state index is 0.689. The Morgan fingerprint density at radius 2 is 1.95 bits per heavy atom. The van der Waals surface area contributed by atoms with E-state index < -0.39 is 0 Å². The van der Waals surface area contributed by atoms with Gasteiger partial charge in [0.2, 0.25) is 0 Å². The topological polar surface area (TPSA) is 52.8 Å². The monoisotopic (exact) mass is 266 g/mol. The third kappa shape index (κ3) is 3.55. The molecule has 0 bridgehead atoms. The molecule has 0 aliphatic carbocycles. The van der Waals surface area contributed by atoms with Crippen molar-refractivity contribution in [3.05, 3.63) is 53.5 Å². The van der Waals surface area contributed by atoms with Gasteiger partial charge in [0, 0.05) is 24.8 Å². The molecule has 1 heterocycles. The van der Waals surface area contributed by atoms with Crippen LogP contribution in [0.3, 0.4) is 0 Å². The molecule has 4 nitrogen and oxygen atoms in total. The molecule has 0 saturated carbocycles. The van der Waals surface area contributed by atoms with Crippen LogP contribution in [0.25, 0.3) is 0 Å². The number of anilines is 1. The second kappa shape index (κ2) is 6.67. The molecule has 1 aromatic carbocycles. The van der Waals surface area contributed by atoms with Crippen LogP contribution in [0.4, 0.5) is 5.82 Å². The average molecular weight is 266 g/mol. The van der Waals surface area contributed by atoms with Gasteiger partial charge >= 0.3 is 0 Å². The third-order valence-corrected chi connectivity index (χ3v) is 3.06. The number of aromatic nitrogens is 2. The lowest BCUT2D eigenvalue weighted by molar-refractivity contribution is 0.751. The molecule has 1 aromatic heterocycles. The van der Waals surface area contributed by atoms with Crippen LogP contribution in [0.5, 0.6) is 0 Å². The first-order valence-corrected chi connectivity index (χ1v) is 6.75. The lowest BCUT2D eigenvalue weighted by Gasteiger charge is -2.23. The number of aryl methyl sites for hydroxylation is 1. The summed E-state index contributed by atoms with van der Waals surface area (Å²) in [5.74, 6) is 0.948. The van der Waals surface area contributed by atoms with E-state index in [9.17, 15) is 0 Å². The molecular weight excluding hydrogens is 248 g/mol. The highest BCUT2D eigenvalue weighted by Gasteiger charge is 2.08. The largest absolute Gasteiger partial charge is 0.352 e. The summed E-state index contributed by atoms with van der Waals surface area (Å²) in [7, 11) is 0. The van der Waals surface area contributed by atoms with Crippen molar-refractivity contribution in [1.29, 1.82) is 5.26 Å². The van der Waals surface area contributed by atoms with Gasteiger partial charge in [-0.1, -0.05) is 19.1 Å². The van der Waals surface area contributed by atoms with Crippen LogP contribution in [0, 0.1) is 18.3 Å². The van der Waals surface area contributed by atoms with Crippen LogP contribution in [-0.4, -0.2) is 16.5 Å². The Labute approximate surface area is 119 Å². The molecule has 2 rings (SSSR count). The van der Waals surface area contributed by atoms with Crippen molar-refractivity contribution in [3.63, 3.8) is 0 Å². The molecule has 0 N–H and O–H groups in total. The second-order valence-electron chi connectivity index (χ2n) is 4.75. The number of benzene rings is 1. The van der Waals surface area contributed by atoms with E-state index in [1.54, 1.807) is 6.33 Å². The molecule has 102 valence electrons. The number of hydrogen-bond acceptors (Lipinski definition) is 4. The first-order valence-electron chi connectivity index (χ1n) is 6.75. The smallest absolute Gasteiger partial charge is 0.132 e. The fourth-order valence-corrected chi connectivity index (χ4v) is 2.06. The highest BCUT2D eigenvalue weighted by atomic mass is 15.2. The third-order valence-electron chi connectivity index (χ3n) is 3.06. The Hall–Kier alpha value is -2.41. The Bertz CT molecular complexity index is 599. The lowest BCUT2D eigenvalue weighted by Crippen LogP contribution is -2.24. The van der Waals surface area contributed by atoms with E-state index in [4.69, 9.17) is 5.26 Å². The van der Waals surface area contributed by atoms with Crippen molar-refractivity contribution in [2.45, 2.75) is 26.8 Å². The maximum atomic E-state index is 8.83. The zero-order valence-electron chi connectivity index (χ0n) is 11.9. The van der Waals surface area contributed by atoms with Crippen molar-refractivity contribution in [2.24, 2.45) is 0 Å². The zero-order valence-corrected chi connectivity index (χ0v) is 11.9. The van der Waals surface area contributed by atoms with E-state index in [2.05, 4.69) is 27.9 Å². The van der Waals surface area contributed by atoms with Gasteiger partial charge in [-0.05, 0) is 31.0 Å². The Morgan fingerprint density at radius 1 is 1.20 bits per heavy atom. The Morgan fingerprint density at radius 3 is 2.55 bits per heavy atom. The Balaban J connectivity index is 2.18. The van der Waals surface area contributed by atoms with Gasteiger partial charge in [0.1, 0.15) is 12.1 Å². The molecule has 0 saturated heterocycles. The Kier molecular flexibility index (Phi) is 4.67.